The lowest BCUT2D eigenvalue weighted by molar-refractivity contribution is 0.673. The number of furan rings is 1. The maximum absolute atomic E-state index is 6.91. The summed E-state index contributed by atoms with van der Waals surface area (Å²) in [6.07, 6.45) is 0. The molecule has 0 fully saturated rings. The van der Waals surface area contributed by atoms with Gasteiger partial charge in [0, 0.05) is 16.2 Å². The number of rotatable bonds is 3. The lowest BCUT2D eigenvalue weighted by atomic mass is 9.84. The zero-order chi connectivity index (χ0) is 36.0. The largest absolute Gasteiger partial charge is 0.455 e. The predicted octanol–water partition coefficient (Wildman–Crippen LogP) is 15.5. The maximum atomic E-state index is 6.91. The van der Waals surface area contributed by atoms with Crippen molar-refractivity contribution in [2.45, 2.75) is 0 Å². The minimum Gasteiger partial charge on any atom is -0.455 e. The van der Waals surface area contributed by atoms with Crippen LogP contribution in [0.25, 0.3) is 120 Å². The fourth-order valence-electron chi connectivity index (χ4n) is 9.49. The minimum absolute atomic E-state index is 0.912. The summed E-state index contributed by atoms with van der Waals surface area (Å²) in [4.78, 5) is 0. The topological polar surface area (TPSA) is 13.1 Å². The van der Waals surface area contributed by atoms with Gasteiger partial charge in [-0.3, -0.25) is 0 Å². The highest BCUT2D eigenvalue weighted by Gasteiger charge is 2.21. The van der Waals surface area contributed by atoms with Gasteiger partial charge in [-0.1, -0.05) is 188 Å². The van der Waals surface area contributed by atoms with Gasteiger partial charge in [0.1, 0.15) is 11.2 Å². The van der Waals surface area contributed by atoms with Crippen LogP contribution in [0.1, 0.15) is 0 Å². The zero-order valence-corrected chi connectivity index (χ0v) is 29.9. The highest BCUT2D eigenvalue weighted by atomic mass is 16.3. The number of hydrogen-bond donors (Lipinski definition) is 0. The Morgan fingerprint density at radius 3 is 1.38 bits per heavy atom. The fraction of sp³-hybridized carbons (Fsp3) is 0. The molecule has 0 amide bonds. The van der Waals surface area contributed by atoms with Crippen molar-refractivity contribution in [1.82, 2.24) is 0 Å². The molecule has 0 saturated heterocycles. The van der Waals surface area contributed by atoms with Gasteiger partial charge in [-0.25, -0.2) is 0 Å². The Labute approximate surface area is 317 Å². The van der Waals surface area contributed by atoms with Crippen LogP contribution in [0.15, 0.2) is 199 Å². The van der Waals surface area contributed by atoms with Crippen molar-refractivity contribution in [2.75, 3.05) is 0 Å². The van der Waals surface area contributed by atoms with E-state index in [1.54, 1.807) is 0 Å². The summed E-state index contributed by atoms with van der Waals surface area (Å²) >= 11 is 0. The summed E-state index contributed by atoms with van der Waals surface area (Å²) in [6.45, 7) is 0. The van der Waals surface area contributed by atoms with Crippen molar-refractivity contribution in [1.29, 1.82) is 0 Å². The summed E-state index contributed by atoms with van der Waals surface area (Å²) in [6, 6.07) is 70.9. The van der Waals surface area contributed by atoms with Crippen LogP contribution in [0.2, 0.25) is 0 Å². The molecule has 0 aliphatic carbocycles. The molecule has 0 bridgehead atoms. The Balaban J connectivity index is 1.08. The van der Waals surface area contributed by atoms with Crippen molar-refractivity contribution in [3.63, 3.8) is 0 Å². The molecule has 1 heterocycles. The van der Waals surface area contributed by atoms with Crippen LogP contribution in [0.3, 0.4) is 0 Å². The first-order valence-corrected chi connectivity index (χ1v) is 19.0. The third kappa shape index (κ3) is 4.35. The molecule has 0 spiro atoms. The lowest BCUT2D eigenvalue weighted by Crippen LogP contribution is -1.91. The molecule has 1 aromatic heterocycles. The Kier molecular flexibility index (Phi) is 6.40. The predicted molar refractivity (Wildman–Crippen MR) is 235 cm³/mol. The van der Waals surface area contributed by atoms with Gasteiger partial charge in [-0.15, -0.1) is 0 Å². The molecule has 0 unspecified atom stereocenters. The van der Waals surface area contributed by atoms with Gasteiger partial charge in [0.05, 0.1) is 0 Å². The van der Waals surface area contributed by atoms with Gasteiger partial charge >= 0.3 is 0 Å². The highest BCUT2D eigenvalue weighted by molar-refractivity contribution is 6.35. The summed E-state index contributed by atoms with van der Waals surface area (Å²) < 4.78 is 6.91. The van der Waals surface area contributed by atoms with E-state index in [1.165, 1.54) is 97.8 Å². The molecule has 254 valence electrons. The van der Waals surface area contributed by atoms with Gasteiger partial charge in [0.25, 0.3) is 0 Å². The van der Waals surface area contributed by atoms with Crippen LogP contribution in [0.4, 0.5) is 0 Å². The van der Waals surface area contributed by atoms with Gasteiger partial charge in [0.2, 0.25) is 0 Å². The second kappa shape index (κ2) is 11.6. The Morgan fingerprint density at radius 1 is 0.273 bits per heavy atom. The molecule has 11 aromatic carbocycles. The Hall–Kier alpha value is -7.22. The van der Waals surface area contributed by atoms with E-state index in [2.05, 4.69) is 194 Å². The maximum Gasteiger partial charge on any atom is 0.143 e. The van der Waals surface area contributed by atoms with Crippen molar-refractivity contribution in [2.24, 2.45) is 0 Å². The molecular weight excluding hydrogens is 665 g/mol. The summed E-state index contributed by atoms with van der Waals surface area (Å²) in [7, 11) is 0. The number of fused-ring (bicyclic) bond motifs is 13. The number of benzene rings is 11. The van der Waals surface area contributed by atoms with Crippen molar-refractivity contribution in [3.8, 4) is 33.4 Å². The van der Waals surface area contributed by atoms with Crippen LogP contribution in [0, 0.1) is 0 Å². The Bertz CT molecular complexity index is 3470. The lowest BCUT2D eigenvalue weighted by Gasteiger charge is -2.19. The zero-order valence-electron chi connectivity index (χ0n) is 29.9. The molecule has 0 aliphatic rings. The van der Waals surface area contributed by atoms with Crippen LogP contribution in [-0.2, 0) is 0 Å². The van der Waals surface area contributed by atoms with Crippen LogP contribution < -0.4 is 0 Å². The van der Waals surface area contributed by atoms with E-state index in [4.69, 9.17) is 4.42 Å². The second-order valence-corrected chi connectivity index (χ2v) is 14.7. The average Bonchev–Trinajstić information content (AvgIpc) is 3.66. The van der Waals surface area contributed by atoms with E-state index >= 15 is 0 Å². The molecule has 1 heteroatoms. The molecule has 12 aromatic rings. The molecule has 0 radical (unpaired) electrons. The van der Waals surface area contributed by atoms with Gasteiger partial charge < -0.3 is 4.42 Å². The third-order valence-electron chi connectivity index (χ3n) is 11.8. The fourth-order valence-corrected chi connectivity index (χ4v) is 9.49. The molecule has 0 aliphatic heterocycles. The van der Waals surface area contributed by atoms with E-state index in [0.717, 1.165) is 22.1 Å². The molecule has 0 saturated carbocycles. The average molecular weight is 697 g/mol. The third-order valence-corrected chi connectivity index (χ3v) is 11.8. The van der Waals surface area contributed by atoms with E-state index in [-0.39, 0.29) is 0 Å². The van der Waals surface area contributed by atoms with Crippen molar-refractivity contribution >= 4 is 86.6 Å². The van der Waals surface area contributed by atoms with E-state index < -0.39 is 0 Å². The SMILES string of the molecule is c1ccc2c(-c3c4ccccc4c(-c4ccc(-c5cc6oc7c8ccccc8c8ccccc8c7c6c6ccccc56)cc4)c4ccccc34)cccc2c1. The molecule has 55 heavy (non-hydrogen) atoms. The standard InChI is InChI=1S/C54H32O/c1-2-16-36-33(14-1)15-13-27-40(36)51-45-24-10-8-22-43(45)50(44-23-9-11-25-46(44)51)35-30-28-34(29-31-35)48-32-49-52(41-20-6-4-19-39(41)48)53-42-21-7-3-17-37(42)38-18-5-12-26-47(38)54(53)55-49/h1-32H. The van der Waals surface area contributed by atoms with Gasteiger partial charge in [-0.05, 0) is 98.7 Å². The first-order chi connectivity index (χ1) is 27.3. The van der Waals surface area contributed by atoms with E-state index in [9.17, 15) is 0 Å². The monoisotopic (exact) mass is 696 g/mol. The van der Waals surface area contributed by atoms with Crippen LogP contribution >= 0.6 is 0 Å². The number of hydrogen-bond acceptors (Lipinski definition) is 1. The van der Waals surface area contributed by atoms with Crippen molar-refractivity contribution in [3.05, 3.63) is 194 Å². The molecule has 1 nitrogen and oxygen atoms in total. The summed E-state index contributed by atoms with van der Waals surface area (Å²) in [5.41, 5.74) is 9.21. The highest BCUT2D eigenvalue weighted by Crippen LogP contribution is 2.48. The van der Waals surface area contributed by atoms with Crippen LogP contribution in [0.5, 0.6) is 0 Å². The normalized spacial score (nSPS) is 12.0. The molecule has 0 atom stereocenters. The van der Waals surface area contributed by atoms with E-state index in [1.807, 2.05) is 0 Å². The molecular formula is C54H32O. The van der Waals surface area contributed by atoms with Gasteiger partial charge in [0.15, 0.2) is 0 Å². The first-order valence-electron chi connectivity index (χ1n) is 19.0. The van der Waals surface area contributed by atoms with E-state index in [0.29, 0.717) is 0 Å². The summed E-state index contributed by atoms with van der Waals surface area (Å²) in [5.74, 6) is 0. The van der Waals surface area contributed by atoms with Gasteiger partial charge in [-0.2, -0.15) is 0 Å². The smallest absolute Gasteiger partial charge is 0.143 e. The molecule has 12 rings (SSSR count). The second-order valence-electron chi connectivity index (χ2n) is 14.7. The first kappa shape index (κ1) is 30.3. The summed E-state index contributed by atoms with van der Waals surface area (Å²) in [5, 5.41) is 17.2. The minimum atomic E-state index is 0.912. The quantitative estimate of drug-likeness (QED) is 0.132. The van der Waals surface area contributed by atoms with Crippen molar-refractivity contribution < 1.29 is 4.42 Å². The Morgan fingerprint density at radius 2 is 0.727 bits per heavy atom. The molecule has 0 N–H and O–H groups in total. The van der Waals surface area contributed by atoms with Crippen LogP contribution in [-0.4, -0.2) is 0 Å².